The Morgan fingerprint density at radius 2 is 2.16 bits per heavy atom. The van der Waals surface area contributed by atoms with Crippen molar-refractivity contribution in [3.05, 3.63) is 10.6 Å². The molecule has 11 heteroatoms. The smallest absolute Gasteiger partial charge is 0.543 e. The maximum absolute atomic E-state index is 12.1. The van der Waals surface area contributed by atoms with Gasteiger partial charge in [0.25, 0.3) is 0 Å². The molecule has 2 saturated heterocycles. The van der Waals surface area contributed by atoms with Gasteiger partial charge >= 0.3 is 29.6 Å². The number of piperazine rings is 1. The van der Waals surface area contributed by atoms with Crippen molar-refractivity contribution in [3.8, 4) is 0 Å². The van der Waals surface area contributed by atoms with Crippen LogP contribution < -0.4 is 40.0 Å². The van der Waals surface area contributed by atoms with Gasteiger partial charge in [0.1, 0.15) is 9.69 Å². The fourth-order valence-electron chi connectivity index (χ4n) is 3.01. The standard InChI is InChI=1S/C14H19N3O4S3.Na/c1-7(18)9-11(19)17-10(13(20)21)8(24-12(9)17)6-23-14(22)16-4-2-15-3-5-16;/h7,9,12,15,18H,2-6H2,1H3,(H,20,21);/q;+1/p-1/t7-,9+,12-;/m1./s1. The van der Waals surface area contributed by atoms with E-state index in [0.717, 1.165) is 30.5 Å². The van der Waals surface area contributed by atoms with Gasteiger partial charge in [0.15, 0.2) is 0 Å². The van der Waals surface area contributed by atoms with Gasteiger partial charge in [-0.05, 0) is 6.92 Å². The van der Waals surface area contributed by atoms with E-state index in [9.17, 15) is 19.8 Å². The molecule has 0 aromatic heterocycles. The Labute approximate surface area is 182 Å². The van der Waals surface area contributed by atoms with Crippen LogP contribution in [0.3, 0.4) is 0 Å². The molecule has 0 aromatic rings. The Morgan fingerprint density at radius 3 is 2.72 bits per heavy atom. The van der Waals surface area contributed by atoms with Crippen molar-refractivity contribution < 1.29 is 49.4 Å². The molecule has 0 aliphatic carbocycles. The van der Waals surface area contributed by atoms with Crippen LogP contribution in [0.1, 0.15) is 6.92 Å². The summed E-state index contributed by atoms with van der Waals surface area (Å²) in [5.41, 5.74) is -0.0671. The van der Waals surface area contributed by atoms with E-state index in [4.69, 9.17) is 12.2 Å². The molecule has 132 valence electrons. The maximum Gasteiger partial charge on any atom is 1.00 e. The molecule has 0 bridgehead atoms. The monoisotopic (exact) mass is 411 g/mol. The van der Waals surface area contributed by atoms with Crippen LogP contribution in [-0.4, -0.2) is 74.5 Å². The molecular formula is C14H18N3NaO4S3. The van der Waals surface area contributed by atoms with Gasteiger partial charge in [0, 0.05) is 36.8 Å². The summed E-state index contributed by atoms with van der Waals surface area (Å²) < 4.78 is 0.731. The van der Waals surface area contributed by atoms with Gasteiger partial charge in [-0.25, -0.2) is 0 Å². The van der Waals surface area contributed by atoms with E-state index in [-0.39, 0.29) is 46.5 Å². The first-order valence-electron chi connectivity index (χ1n) is 7.66. The number of carbonyl (C=O) groups is 2. The number of hydrogen-bond acceptors (Lipinski definition) is 8. The van der Waals surface area contributed by atoms with Gasteiger partial charge < -0.3 is 25.2 Å². The topological polar surface area (TPSA) is 95.9 Å². The number of hydrogen-bond donors (Lipinski definition) is 2. The van der Waals surface area contributed by atoms with E-state index in [0.29, 0.717) is 10.7 Å². The third-order valence-corrected chi connectivity index (χ3v) is 7.37. The Bertz CT molecular complexity index is 610. The first kappa shape index (κ1) is 21.5. The number of aliphatic carboxylic acids is 1. The minimum Gasteiger partial charge on any atom is -0.543 e. The number of rotatable bonds is 4. The molecule has 0 saturated carbocycles. The molecule has 3 aliphatic rings. The summed E-state index contributed by atoms with van der Waals surface area (Å²) in [6.45, 7) is 4.97. The molecule has 3 rings (SSSR count). The first-order chi connectivity index (χ1) is 11.4. The van der Waals surface area contributed by atoms with Crippen LogP contribution in [0, 0.1) is 5.92 Å². The van der Waals surface area contributed by atoms with Crippen molar-refractivity contribution in [3.63, 3.8) is 0 Å². The number of thioether (sulfide) groups is 2. The second-order valence-electron chi connectivity index (χ2n) is 5.83. The molecule has 3 atom stereocenters. The Hall–Kier alpha value is 0.190. The molecule has 1 amide bonds. The zero-order chi connectivity index (χ0) is 17.4. The van der Waals surface area contributed by atoms with E-state index in [1.165, 1.54) is 28.4 Å². The Balaban J connectivity index is 0.00000225. The van der Waals surface area contributed by atoms with Crippen LogP contribution in [0.4, 0.5) is 0 Å². The van der Waals surface area contributed by atoms with Gasteiger partial charge in [-0.3, -0.25) is 9.69 Å². The van der Waals surface area contributed by atoms with Crippen LogP contribution in [0.25, 0.3) is 0 Å². The van der Waals surface area contributed by atoms with Crippen molar-refractivity contribution in [2.45, 2.75) is 18.4 Å². The summed E-state index contributed by atoms with van der Waals surface area (Å²) in [7, 11) is 0. The second-order valence-corrected chi connectivity index (χ2v) is 8.65. The van der Waals surface area contributed by atoms with Crippen molar-refractivity contribution in [2.75, 3.05) is 31.9 Å². The zero-order valence-corrected chi connectivity index (χ0v) is 18.5. The number of aliphatic hydroxyl groups is 1. The van der Waals surface area contributed by atoms with E-state index >= 15 is 0 Å². The molecular weight excluding hydrogens is 393 g/mol. The van der Waals surface area contributed by atoms with Crippen LogP contribution >= 0.6 is 35.7 Å². The SMILES string of the molecule is C[C@@H](O)[C@H]1C(=O)N2C(C(=O)[O-])=C(CSC(=S)N3CCNCC3)S[C@H]12.[Na+]. The van der Waals surface area contributed by atoms with Crippen molar-refractivity contribution in [1.29, 1.82) is 0 Å². The minimum atomic E-state index is -1.36. The number of β-lactam (4-membered cyclic amide) rings is 1. The minimum absolute atomic E-state index is 0. The summed E-state index contributed by atoms with van der Waals surface area (Å²) in [5, 5.41) is 24.1. The maximum atomic E-state index is 12.1. The zero-order valence-electron chi connectivity index (χ0n) is 14.1. The van der Waals surface area contributed by atoms with Gasteiger partial charge in [0.05, 0.1) is 23.7 Å². The molecule has 0 radical (unpaired) electrons. The number of carboxylic acids is 1. The normalized spacial score (nSPS) is 26.7. The molecule has 2 fully saturated rings. The van der Waals surface area contributed by atoms with E-state index < -0.39 is 18.0 Å². The number of aliphatic hydroxyl groups excluding tert-OH is 1. The van der Waals surface area contributed by atoms with Gasteiger partial charge in [-0.2, -0.15) is 0 Å². The van der Waals surface area contributed by atoms with E-state index in [2.05, 4.69) is 10.2 Å². The molecule has 0 aromatic carbocycles. The first-order valence-corrected chi connectivity index (χ1v) is 9.94. The fraction of sp³-hybridized carbons (Fsp3) is 0.643. The number of nitrogens with one attached hydrogen (secondary N) is 1. The third-order valence-electron chi connectivity index (χ3n) is 4.27. The molecule has 25 heavy (non-hydrogen) atoms. The molecule has 7 nitrogen and oxygen atoms in total. The van der Waals surface area contributed by atoms with Crippen molar-refractivity contribution >= 4 is 51.9 Å². The quantitative estimate of drug-likeness (QED) is 0.271. The number of thiocarbonyl (C=S) groups is 1. The largest absolute Gasteiger partial charge is 1.00 e. The molecule has 0 spiro atoms. The second kappa shape index (κ2) is 8.92. The van der Waals surface area contributed by atoms with Crippen molar-refractivity contribution in [2.24, 2.45) is 5.92 Å². The predicted molar refractivity (Wildman–Crippen MR) is 94.9 cm³/mol. The number of amides is 1. The number of carboxylic acid groups (broad SMARTS) is 1. The van der Waals surface area contributed by atoms with Crippen LogP contribution in [0.2, 0.25) is 0 Å². The molecule has 3 aliphatic heterocycles. The number of nitrogens with zero attached hydrogens (tertiary/aromatic N) is 2. The average molecular weight is 412 g/mol. The average Bonchev–Trinajstić information content (AvgIpc) is 2.87. The molecule has 0 unspecified atom stereocenters. The summed E-state index contributed by atoms with van der Waals surface area (Å²) in [6.07, 6.45) is -0.803. The number of fused-ring (bicyclic) bond motifs is 1. The molecule has 3 heterocycles. The summed E-state index contributed by atoms with van der Waals surface area (Å²) in [5.74, 6) is -1.88. The Kier molecular flexibility index (Phi) is 7.67. The Morgan fingerprint density at radius 1 is 1.52 bits per heavy atom. The van der Waals surface area contributed by atoms with Crippen LogP contribution in [0.15, 0.2) is 10.6 Å². The summed E-state index contributed by atoms with van der Waals surface area (Å²) in [4.78, 5) is 27.5. The van der Waals surface area contributed by atoms with E-state index in [1.807, 2.05) is 0 Å². The summed E-state index contributed by atoms with van der Waals surface area (Å²) in [6, 6.07) is 0. The van der Waals surface area contributed by atoms with Gasteiger partial charge in [-0.15, -0.1) is 11.8 Å². The third kappa shape index (κ3) is 4.21. The molecule has 2 N–H and O–H groups in total. The van der Waals surface area contributed by atoms with Crippen LogP contribution in [-0.2, 0) is 9.59 Å². The van der Waals surface area contributed by atoms with Gasteiger partial charge in [0.2, 0.25) is 5.91 Å². The predicted octanol–water partition coefficient (Wildman–Crippen LogP) is -4.21. The van der Waals surface area contributed by atoms with Gasteiger partial charge in [-0.1, -0.05) is 24.0 Å². The van der Waals surface area contributed by atoms with E-state index in [1.54, 1.807) is 6.92 Å². The summed E-state index contributed by atoms with van der Waals surface area (Å²) >= 11 is 8.14. The fourth-order valence-corrected chi connectivity index (χ4v) is 5.97. The number of carbonyl (C=O) groups excluding carboxylic acids is 2. The van der Waals surface area contributed by atoms with Crippen molar-refractivity contribution in [1.82, 2.24) is 15.1 Å². The van der Waals surface area contributed by atoms with Crippen LogP contribution in [0.5, 0.6) is 0 Å².